The number of carbonyl (C=O) groups is 3. The molecule has 128 valence electrons. The van der Waals surface area contributed by atoms with E-state index in [0.717, 1.165) is 12.1 Å². The van der Waals surface area contributed by atoms with Crippen LogP contribution in [0.25, 0.3) is 0 Å². The average molecular weight is 336 g/mol. The second-order valence-electron chi connectivity index (χ2n) is 5.02. The Labute approximate surface area is 137 Å². The van der Waals surface area contributed by atoms with Gasteiger partial charge in [0, 0.05) is 0 Å². The van der Waals surface area contributed by atoms with Crippen molar-refractivity contribution in [3.05, 3.63) is 46.9 Å². The average Bonchev–Trinajstić information content (AvgIpc) is 2.52. The van der Waals surface area contributed by atoms with Crippen LogP contribution in [-0.2, 0) is 14.3 Å². The highest BCUT2D eigenvalue weighted by Crippen LogP contribution is 2.15. The highest BCUT2D eigenvalue weighted by molar-refractivity contribution is 5.95. The number of benzene rings is 1. The van der Waals surface area contributed by atoms with Crippen LogP contribution in [0.2, 0.25) is 0 Å². The Morgan fingerprint density at radius 1 is 1.17 bits per heavy atom. The number of urea groups is 1. The molecular weight excluding hydrogens is 319 g/mol. The summed E-state index contributed by atoms with van der Waals surface area (Å²) in [6.45, 7) is 3.13. The molecule has 0 spiro atoms. The number of nitrogens with one attached hydrogen (secondary N) is 2. The molecule has 0 aliphatic carbocycles. The lowest BCUT2D eigenvalue weighted by Crippen LogP contribution is -2.50. The first-order chi connectivity index (χ1) is 11.4. The number of hydrogen-bond donors (Lipinski definition) is 2. The molecule has 2 N–H and O–H groups in total. The molecular formula is C16H17FN2O5. The first-order valence-electron chi connectivity index (χ1n) is 7.32. The summed E-state index contributed by atoms with van der Waals surface area (Å²) in [6.07, 6.45) is 0. The molecule has 0 saturated heterocycles. The van der Waals surface area contributed by atoms with Crippen molar-refractivity contribution in [2.45, 2.75) is 19.9 Å². The maximum atomic E-state index is 12.9. The number of ether oxygens (including phenoxy) is 2. The first kappa shape index (κ1) is 17.5. The van der Waals surface area contributed by atoms with E-state index in [1.54, 1.807) is 13.8 Å². The fourth-order valence-electron chi connectivity index (χ4n) is 2.20. The number of halogens is 1. The number of rotatable bonds is 5. The van der Waals surface area contributed by atoms with E-state index >= 15 is 0 Å². The van der Waals surface area contributed by atoms with Gasteiger partial charge in [0.15, 0.2) is 0 Å². The summed E-state index contributed by atoms with van der Waals surface area (Å²) < 4.78 is 22.9. The van der Waals surface area contributed by atoms with Gasteiger partial charge < -0.3 is 20.1 Å². The molecule has 7 nitrogen and oxygen atoms in total. The highest BCUT2D eigenvalue weighted by atomic mass is 19.1. The smallest absolute Gasteiger partial charge is 0.338 e. The van der Waals surface area contributed by atoms with Gasteiger partial charge in [-0.1, -0.05) is 0 Å². The van der Waals surface area contributed by atoms with E-state index in [0.29, 0.717) is 0 Å². The molecule has 1 aromatic rings. The lowest BCUT2D eigenvalue weighted by atomic mass is 10.0. The van der Waals surface area contributed by atoms with Gasteiger partial charge in [-0.2, -0.15) is 0 Å². The van der Waals surface area contributed by atoms with Gasteiger partial charge in [-0.3, -0.25) is 0 Å². The quantitative estimate of drug-likeness (QED) is 0.795. The van der Waals surface area contributed by atoms with Crippen molar-refractivity contribution in [1.29, 1.82) is 0 Å². The summed E-state index contributed by atoms with van der Waals surface area (Å²) >= 11 is 0. The van der Waals surface area contributed by atoms with E-state index in [-0.39, 0.29) is 30.0 Å². The third-order valence-corrected chi connectivity index (χ3v) is 3.29. The van der Waals surface area contributed by atoms with Crippen LogP contribution in [0, 0.1) is 5.82 Å². The summed E-state index contributed by atoms with van der Waals surface area (Å²) in [4.78, 5) is 35.5. The molecule has 1 aliphatic heterocycles. The molecule has 1 aliphatic rings. The third kappa shape index (κ3) is 4.09. The fourth-order valence-corrected chi connectivity index (χ4v) is 2.20. The molecule has 0 unspecified atom stereocenters. The van der Waals surface area contributed by atoms with Crippen LogP contribution in [-0.4, -0.2) is 37.2 Å². The van der Waals surface area contributed by atoms with Crippen LogP contribution >= 0.6 is 0 Å². The van der Waals surface area contributed by atoms with Crippen LogP contribution in [0.15, 0.2) is 35.5 Å². The molecule has 2 amide bonds. The van der Waals surface area contributed by atoms with Crippen molar-refractivity contribution < 1.29 is 28.2 Å². The first-order valence-corrected chi connectivity index (χ1v) is 7.32. The lowest BCUT2D eigenvalue weighted by molar-refractivity contribution is -0.139. The molecule has 8 heteroatoms. The van der Waals surface area contributed by atoms with Crippen LogP contribution in [0.5, 0.6) is 0 Å². The predicted molar refractivity (Wildman–Crippen MR) is 81.5 cm³/mol. The van der Waals surface area contributed by atoms with E-state index in [4.69, 9.17) is 9.47 Å². The Hall–Kier alpha value is -2.90. The van der Waals surface area contributed by atoms with Gasteiger partial charge >= 0.3 is 18.0 Å². The highest BCUT2D eigenvalue weighted by Gasteiger charge is 2.30. The van der Waals surface area contributed by atoms with Gasteiger partial charge in [-0.25, -0.2) is 18.8 Å². The van der Waals surface area contributed by atoms with Crippen LogP contribution < -0.4 is 10.6 Å². The Bertz CT molecular complexity index is 684. The molecule has 2 rings (SSSR count). The molecule has 24 heavy (non-hydrogen) atoms. The van der Waals surface area contributed by atoms with Crippen molar-refractivity contribution >= 4 is 18.0 Å². The molecule has 1 aromatic carbocycles. The lowest BCUT2D eigenvalue weighted by Gasteiger charge is -2.26. The summed E-state index contributed by atoms with van der Waals surface area (Å²) in [6, 6.07) is 3.73. The Morgan fingerprint density at radius 2 is 1.83 bits per heavy atom. The van der Waals surface area contributed by atoms with E-state index in [1.165, 1.54) is 12.1 Å². The van der Waals surface area contributed by atoms with Crippen molar-refractivity contribution in [3.8, 4) is 0 Å². The number of esters is 2. The maximum absolute atomic E-state index is 12.9. The summed E-state index contributed by atoms with van der Waals surface area (Å²) in [7, 11) is 0. The summed E-state index contributed by atoms with van der Waals surface area (Å²) in [5, 5.41) is 4.98. The monoisotopic (exact) mass is 336 g/mol. The predicted octanol–water partition coefficient (Wildman–Crippen LogP) is 1.50. The van der Waals surface area contributed by atoms with E-state index in [9.17, 15) is 18.8 Å². The van der Waals surface area contributed by atoms with Crippen LogP contribution in [0.1, 0.15) is 24.2 Å². The summed E-state index contributed by atoms with van der Waals surface area (Å²) in [5.74, 6) is -1.78. The number of carbonyl (C=O) groups excluding carboxylic acids is 3. The number of amides is 2. The van der Waals surface area contributed by atoms with Gasteiger partial charge in [0.25, 0.3) is 0 Å². The molecule has 0 bridgehead atoms. The minimum absolute atomic E-state index is 0.153. The standard InChI is InChI=1S/C16H17FN2O5/c1-3-23-15(21)13-9(2)18-16(22)19-12(13)8-24-14(20)10-4-6-11(17)7-5-10/h4-7,9H,3,8H2,1-2H3,(H2,18,19,22)/t9-/m1/s1. The second-order valence-corrected chi connectivity index (χ2v) is 5.02. The van der Waals surface area contributed by atoms with Crippen LogP contribution in [0.4, 0.5) is 9.18 Å². The van der Waals surface area contributed by atoms with Crippen molar-refractivity contribution in [2.75, 3.05) is 13.2 Å². The van der Waals surface area contributed by atoms with Gasteiger partial charge in [-0.05, 0) is 38.1 Å². The number of hydrogen-bond acceptors (Lipinski definition) is 5. The van der Waals surface area contributed by atoms with Gasteiger partial charge in [0.05, 0.1) is 29.5 Å². The second kappa shape index (κ2) is 7.58. The van der Waals surface area contributed by atoms with Gasteiger partial charge in [-0.15, -0.1) is 0 Å². The Morgan fingerprint density at radius 3 is 2.46 bits per heavy atom. The van der Waals surface area contributed by atoms with Gasteiger partial charge in [0.2, 0.25) is 0 Å². The summed E-state index contributed by atoms with van der Waals surface area (Å²) in [5.41, 5.74) is 0.492. The normalized spacial score (nSPS) is 17.0. The minimum atomic E-state index is -0.703. The molecule has 0 fully saturated rings. The zero-order chi connectivity index (χ0) is 17.7. The largest absolute Gasteiger partial charge is 0.463 e. The maximum Gasteiger partial charge on any atom is 0.338 e. The van der Waals surface area contributed by atoms with Crippen molar-refractivity contribution in [1.82, 2.24) is 10.6 Å². The fraction of sp³-hybridized carbons (Fsp3) is 0.312. The van der Waals surface area contributed by atoms with E-state index < -0.39 is 29.8 Å². The molecule has 1 atom stereocenters. The topological polar surface area (TPSA) is 93.7 Å². The van der Waals surface area contributed by atoms with E-state index in [1.807, 2.05) is 0 Å². The molecule has 0 aromatic heterocycles. The van der Waals surface area contributed by atoms with Crippen LogP contribution in [0.3, 0.4) is 0 Å². The minimum Gasteiger partial charge on any atom is -0.463 e. The Balaban J connectivity index is 2.15. The molecule has 0 saturated carbocycles. The zero-order valence-electron chi connectivity index (χ0n) is 13.2. The molecule has 1 heterocycles. The third-order valence-electron chi connectivity index (χ3n) is 3.29. The SMILES string of the molecule is CCOC(=O)C1=C(COC(=O)c2ccc(F)cc2)NC(=O)N[C@@H]1C. The molecule has 0 radical (unpaired) electrons. The van der Waals surface area contributed by atoms with Gasteiger partial charge in [0.1, 0.15) is 12.4 Å². The van der Waals surface area contributed by atoms with Crippen molar-refractivity contribution in [2.24, 2.45) is 0 Å². The Kier molecular flexibility index (Phi) is 5.51. The van der Waals surface area contributed by atoms with Crippen molar-refractivity contribution in [3.63, 3.8) is 0 Å². The zero-order valence-corrected chi connectivity index (χ0v) is 13.2. The van der Waals surface area contributed by atoms with E-state index in [2.05, 4.69) is 10.6 Å².